The van der Waals surface area contributed by atoms with Gasteiger partial charge < -0.3 is 10.6 Å². The minimum atomic E-state index is -0.350. The first-order valence-corrected chi connectivity index (χ1v) is 7.90. The summed E-state index contributed by atoms with van der Waals surface area (Å²) in [5.41, 5.74) is 2.03. The summed E-state index contributed by atoms with van der Waals surface area (Å²) in [5, 5.41) is 7.15. The van der Waals surface area contributed by atoms with Crippen LogP contribution < -0.4 is 10.6 Å². The second kappa shape index (κ2) is 6.57. The zero-order valence-corrected chi connectivity index (χ0v) is 13.3. The standard InChI is InChI=1S/C20H15FN4/c21-16-11-5-7-13-18(16)24-20-23-17-12-6-4-10-15(17)19(25-20)22-14-8-2-1-3-9-14/h1-13H,(H2,22,23,24,25). The van der Waals surface area contributed by atoms with Crippen LogP contribution in [0.15, 0.2) is 78.9 Å². The van der Waals surface area contributed by atoms with Crippen LogP contribution in [0.3, 0.4) is 0 Å². The molecule has 1 heterocycles. The Hall–Kier alpha value is -3.47. The molecule has 0 saturated carbocycles. The van der Waals surface area contributed by atoms with Gasteiger partial charge in [-0.25, -0.2) is 9.37 Å². The molecule has 0 aliphatic carbocycles. The van der Waals surface area contributed by atoms with E-state index in [4.69, 9.17) is 0 Å². The third kappa shape index (κ3) is 3.26. The molecule has 0 spiro atoms. The van der Waals surface area contributed by atoms with Gasteiger partial charge in [0.15, 0.2) is 0 Å². The summed E-state index contributed by atoms with van der Waals surface area (Å²) in [4.78, 5) is 9.02. The van der Waals surface area contributed by atoms with Crippen molar-refractivity contribution in [2.45, 2.75) is 0 Å². The van der Waals surface area contributed by atoms with Crippen LogP contribution in [0.5, 0.6) is 0 Å². The zero-order valence-electron chi connectivity index (χ0n) is 13.3. The first kappa shape index (κ1) is 15.1. The number of nitrogens with one attached hydrogen (secondary N) is 2. The Labute approximate surface area is 144 Å². The number of benzene rings is 3. The molecule has 5 heteroatoms. The zero-order chi connectivity index (χ0) is 17.1. The lowest BCUT2D eigenvalue weighted by molar-refractivity contribution is 0.631. The normalized spacial score (nSPS) is 10.6. The molecule has 0 aliphatic rings. The van der Waals surface area contributed by atoms with Crippen LogP contribution in [0.4, 0.5) is 27.5 Å². The number of anilines is 4. The maximum Gasteiger partial charge on any atom is 0.229 e. The molecule has 0 unspecified atom stereocenters. The van der Waals surface area contributed by atoms with Gasteiger partial charge in [0.25, 0.3) is 0 Å². The van der Waals surface area contributed by atoms with Gasteiger partial charge in [0.2, 0.25) is 5.95 Å². The topological polar surface area (TPSA) is 49.8 Å². The summed E-state index contributed by atoms with van der Waals surface area (Å²) in [6, 6.07) is 23.9. The van der Waals surface area contributed by atoms with Crippen LogP contribution in [-0.2, 0) is 0 Å². The van der Waals surface area contributed by atoms with Crippen molar-refractivity contribution in [2.24, 2.45) is 0 Å². The summed E-state index contributed by atoms with van der Waals surface area (Å²) >= 11 is 0. The van der Waals surface area contributed by atoms with Crippen molar-refractivity contribution in [1.82, 2.24) is 9.97 Å². The van der Waals surface area contributed by atoms with Crippen molar-refractivity contribution >= 4 is 34.0 Å². The molecule has 0 fully saturated rings. The molecule has 4 nitrogen and oxygen atoms in total. The Bertz CT molecular complexity index is 1020. The second-order valence-corrected chi connectivity index (χ2v) is 5.51. The maximum atomic E-state index is 13.9. The van der Waals surface area contributed by atoms with Crippen LogP contribution in [-0.4, -0.2) is 9.97 Å². The van der Waals surface area contributed by atoms with E-state index in [-0.39, 0.29) is 5.82 Å². The minimum absolute atomic E-state index is 0.335. The van der Waals surface area contributed by atoms with Crippen LogP contribution >= 0.6 is 0 Å². The highest BCUT2D eigenvalue weighted by Crippen LogP contribution is 2.26. The first-order valence-electron chi connectivity index (χ1n) is 7.90. The number of hydrogen-bond acceptors (Lipinski definition) is 4. The first-order chi connectivity index (χ1) is 12.3. The number of rotatable bonds is 4. The molecule has 4 rings (SSSR count). The van der Waals surface area contributed by atoms with Gasteiger partial charge in [0.05, 0.1) is 11.2 Å². The fraction of sp³-hybridized carbons (Fsp3) is 0. The van der Waals surface area contributed by atoms with E-state index in [0.717, 1.165) is 16.6 Å². The van der Waals surface area contributed by atoms with E-state index in [1.807, 2.05) is 54.6 Å². The Morgan fingerprint density at radius 1 is 0.680 bits per heavy atom. The smallest absolute Gasteiger partial charge is 0.229 e. The van der Waals surface area contributed by atoms with Crippen molar-refractivity contribution in [3.05, 3.63) is 84.7 Å². The largest absolute Gasteiger partial charge is 0.340 e. The minimum Gasteiger partial charge on any atom is -0.340 e. The molecule has 0 bridgehead atoms. The van der Waals surface area contributed by atoms with Gasteiger partial charge in [0.1, 0.15) is 11.6 Å². The Kier molecular flexibility index (Phi) is 3.96. The third-order valence-electron chi connectivity index (χ3n) is 3.76. The summed E-state index contributed by atoms with van der Waals surface area (Å²) in [7, 11) is 0. The molecule has 25 heavy (non-hydrogen) atoms. The molecular weight excluding hydrogens is 315 g/mol. The Morgan fingerprint density at radius 3 is 2.24 bits per heavy atom. The fourth-order valence-corrected chi connectivity index (χ4v) is 2.57. The van der Waals surface area contributed by atoms with Gasteiger partial charge in [-0.15, -0.1) is 0 Å². The van der Waals surface area contributed by atoms with Crippen LogP contribution in [0, 0.1) is 5.82 Å². The number of halogens is 1. The van der Waals surface area contributed by atoms with E-state index in [9.17, 15) is 4.39 Å². The van der Waals surface area contributed by atoms with E-state index in [0.29, 0.717) is 17.5 Å². The lowest BCUT2D eigenvalue weighted by Gasteiger charge is -2.12. The quantitative estimate of drug-likeness (QED) is 0.536. The fourth-order valence-electron chi connectivity index (χ4n) is 2.57. The molecule has 3 aromatic carbocycles. The molecular formula is C20H15FN4. The summed E-state index contributed by atoms with van der Waals surface area (Å²) in [5.74, 6) is 0.648. The highest BCUT2D eigenvalue weighted by molar-refractivity contribution is 5.91. The van der Waals surface area contributed by atoms with E-state index >= 15 is 0 Å². The van der Waals surface area contributed by atoms with E-state index in [2.05, 4.69) is 20.6 Å². The predicted molar refractivity (Wildman–Crippen MR) is 98.9 cm³/mol. The molecule has 2 N–H and O–H groups in total. The number of para-hydroxylation sites is 3. The lowest BCUT2D eigenvalue weighted by atomic mass is 10.2. The van der Waals surface area contributed by atoms with Crippen molar-refractivity contribution in [2.75, 3.05) is 10.6 Å². The predicted octanol–water partition coefficient (Wildman–Crippen LogP) is 5.26. The van der Waals surface area contributed by atoms with Crippen LogP contribution in [0.25, 0.3) is 10.9 Å². The third-order valence-corrected chi connectivity index (χ3v) is 3.76. The number of aromatic nitrogens is 2. The summed E-state index contributed by atoms with van der Waals surface area (Å²) in [6.07, 6.45) is 0. The summed E-state index contributed by atoms with van der Waals surface area (Å²) < 4.78 is 13.9. The van der Waals surface area contributed by atoms with Crippen molar-refractivity contribution in [3.8, 4) is 0 Å². The van der Waals surface area contributed by atoms with E-state index < -0.39 is 0 Å². The SMILES string of the molecule is Fc1ccccc1Nc1nc(Nc2ccccc2)c2ccccc2n1. The molecule has 1 aromatic heterocycles. The van der Waals surface area contributed by atoms with Gasteiger partial charge in [-0.1, -0.05) is 42.5 Å². The number of nitrogens with zero attached hydrogens (tertiary/aromatic N) is 2. The summed E-state index contributed by atoms with van der Waals surface area (Å²) in [6.45, 7) is 0. The molecule has 0 radical (unpaired) electrons. The molecule has 0 aliphatic heterocycles. The second-order valence-electron chi connectivity index (χ2n) is 5.51. The highest BCUT2D eigenvalue weighted by Gasteiger charge is 2.09. The molecule has 122 valence electrons. The van der Waals surface area contributed by atoms with E-state index in [1.54, 1.807) is 18.2 Å². The van der Waals surface area contributed by atoms with Gasteiger partial charge in [-0.05, 0) is 36.4 Å². The number of fused-ring (bicyclic) bond motifs is 1. The van der Waals surface area contributed by atoms with E-state index in [1.165, 1.54) is 6.07 Å². The maximum absolute atomic E-state index is 13.9. The lowest BCUT2D eigenvalue weighted by Crippen LogP contribution is -2.03. The van der Waals surface area contributed by atoms with Gasteiger partial charge in [0, 0.05) is 11.1 Å². The Morgan fingerprint density at radius 2 is 1.40 bits per heavy atom. The van der Waals surface area contributed by atoms with Gasteiger partial charge >= 0.3 is 0 Å². The monoisotopic (exact) mass is 330 g/mol. The number of hydrogen-bond donors (Lipinski definition) is 2. The van der Waals surface area contributed by atoms with Crippen molar-refractivity contribution < 1.29 is 4.39 Å². The van der Waals surface area contributed by atoms with Crippen molar-refractivity contribution in [3.63, 3.8) is 0 Å². The average Bonchev–Trinajstić information content (AvgIpc) is 2.65. The van der Waals surface area contributed by atoms with Crippen molar-refractivity contribution in [1.29, 1.82) is 0 Å². The van der Waals surface area contributed by atoms with Gasteiger partial charge in [-0.2, -0.15) is 4.98 Å². The molecule has 0 amide bonds. The molecule has 0 saturated heterocycles. The highest BCUT2D eigenvalue weighted by atomic mass is 19.1. The Balaban J connectivity index is 1.77. The van der Waals surface area contributed by atoms with Crippen LogP contribution in [0.2, 0.25) is 0 Å². The van der Waals surface area contributed by atoms with Crippen LogP contribution in [0.1, 0.15) is 0 Å². The average molecular weight is 330 g/mol. The molecule has 4 aromatic rings. The molecule has 0 atom stereocenters. The van der Waals surface area contributed by atoms with Gasteiger partial charge in [-0.3, -0.25) is 0 Å².